The maximum atomic E-state index is 12.5. The monoisotopic (exact) mass is 316 g/mol. The molecule has 1 aromatic heterocycles. The highest BCUT2D eigenvalue weighted by atomic mass is 32.1. The molecule has 22 heavy (non-hydrogen) atoms. The van der Waals surface area contributed by atoms with Crippen molar-refractivity contribution in [1.29, 1.82) is 0 Å². The van der Waals surface area contributed by atoms with E-state index in [0.717, 1.165) is 42.6 Å². The molecule has 5 nitrogen and oxygen atoms in total. The number of benzene rings is 1. The zero-order chi connectivity index (χ0) is 15.6. The largest absolute Gasteiger partial charge is 0.326 e. The van der Waals surface area contributed by atoms with Gasteiger partial charge in [-0.1, -0.05) is 29.5 Å². The van der Waals surface area contributed by atoms with Crippen molar-refractivity contribution in [3.63, 3.8) is 0 Å². The summed E-state index contributed by atoms with van der Waals surface area (Å²) >= 11 is 1.32. The van der Waals surface area contributed by atoms with Crippen molar-refractivity contribution in [3.8, 4) is 11.3 Å². The molecule has 0 spiro atoms. The SMILES string of the molecule is CC1(N)CCCCC1C(=O)Nc1ccc(-c2csnn2)cc1. The van der Waals surface area contributed by atoms with Crippen molar-refractivity contribution in [2.75, 3.05) is 5.32 Å². The fourth-order valence-electron chi connectivity index (χ4n) is 3.03. The van der Waals surface area contributed by atoms with Crippen molar-refractivity contribution in [2.24, 2.45) is 11.7 Å². The molecule has 0 bridgehead atoms. The number of nitrogens with two attached hydrogens (primary N) is 1. The van der Waals surface area contributed by atoms with E-state index in [4.69, 9.17) is 5.73 Å². The van der Waals surface area contributed by atoms with Gasteiger partial charge in [0.25, 0.3) is 0 Å². The lowest BCUT2D eigenvalue weighted by Gasteiger charge is -2.37. The summed E-state index contributed by atoms with van der Waals surface area (Å²) in [5.41, 5.74) is 8.52. The van der Waals surface area contributed by atoms with Crippen molar-refractivity contribution in [1.82, 2.24) is 9.59 Å². The fourth-order valence-corrected chi connectivity index (χ4v) is 3.50. The number of nitrogens with zero attached hydrogens (tertiary/aromatic N) is 2. The average molecular weight is 316 g/mol. The van der Waals surface area contributed by atoms with Gasteiger partial charge in [0.15, 0.2) is 0 Å². The maximum Gasteiger partial charge on any atom is 0.229 e. The van der Waals surface area contributed by atoms with E-state index in [1.54, 1.807) is 0 Å². The summed E-state index contributed by atoms with van der Waals surface area (Å²) in [5, 5.41) is 8.92. The second-order valence-corrected chi connectivity index (χ2v) is 6.77. The zero-order valence-electron chi connectivity index (χ0n) is 12.6. The number of hydrogen-bond acceptors (Lipinski definition) is 5. The van der Waals surface area contributed by atoms with Crippen LogP contribution < -0.4 is 11.1 Å². The molecule has 1 fully saturated rings. The molecule has 3 N–H and O–H groups in total. The van der Waals surface area contributed by atoms with Crippen LogP contribution in [0.2, 0.25) is 0 Å². The van der Waals surface area contributed by atoms with E-state index in [-0.39, 0.29) is 11.8 Å². The van der Waals surface area contributed by atoms with Gasteiger partial charge in [-0.05, 0) is 43.4 Å². The summed E-state index contributed by atoms with van der Waals surface area (Å²) in [5.74, 6) is -0.101. The standard InChI is InChI=1S/C16H20N4OS/c1-16(17)9-3-2-4-13(16)15(21)18-12-7-5-11(6-8-12)14-10-22-20-19-14/h5-8,10,13H,2-4,9,17H2,1H3,(H,18,21). The Bertz CT molecular complexity index is 637. The second kappa shape index (κ2) is 6.14. The minimum absolute atomic E-state index is 0.0211. The summed E-state index contributed by atoms with van der Waals surface area (Å²) in [6, 6.07) is 7.66. The van der Waals surface area contributed by atoms with Crippen molar-refractivity contribution in [2.45, 2.75) is 38.1 Å². The zero-order valence-corrected chi connectivity index (χ0v) is 13.4. The van der Waals surface area contributed by atoms with Gasteiger partial charge in [0.1, 0.15) is 5.69 Å². The van der Waals surface area contributed by atoms with Gasteiger partial charge in [0.2, 0.25) is 5.91 Å². The third kappa shape index (κ3) is 3.18. The summed E-state index contributed by atoms with van der Waals surface area (Å²) in [6.45, 7) is 1.98. The van der Waals surface area contributed by atoms with Gasteiger partial charge in [0.05, 0.1) is 5.92 Å². The highest BCUT2D eigenvalue weighted by Gasteiger charge is 2.37. The number of rotatable bonds is 3. The number of aromatic nitrogens is 2. The normalized spacial score (nSPS) is 24.9. The quantitative estimate of drug-likeness (QED) is 0.912. The van der Waals surface area contributed by atoms with E-state index >= 15 is 0 Å². The molecule has 116 valence electrons. The van der Waals surface area contributed by atoms with Gasteiger partial charge in [-0.25, -0.2) is 0 Å². The third-order valence-electron chi connectivity index (χ3n) is 4.38. The predicted molar refractivity (Wildman–Crippen MR) is 88.5 cm³/mol. The Morgan fingerprint density at radius 2 is 2.14 bits per heavy atom. The topological polar surface area (TPSA) is 80.9 Å². The van der Waals surface area contributed by atoms with Crippen LogP contribution in [-0.2, 0) is 4.79 Å². The molecule has 1 aromatic carbocycles. The third-order valence-corrected chi connectivity index (χ3v) is 4.88. The minimum atomic E-state index is -0.408. The van der Waals surface area contributed by atoms with Gasteiger partial charge >= 0.3 is 0 Å². The molecule has 1 saturated carbocycles. The van der Waals surface area contributed by atoms with Crippen molar-refractivity contribution in [3.05, 3.63) is 29.6 Å². The molecular weight excluding hydrogens is 296 g/mol. The summed E-state index contributed by atoms with van der Waals surface area (Å²) < 4.78 is 3.85. The van der Waals surface area contributed by atoms with Crippen LogP contribution in [0.3, 0.4) is 0 Å². The molecule has 0 aliphatic heterocycles. The molecule has 6 heteroatoms. The first-order valence-electron chi connectivity index (χ1n) is 7.53. The lowest BCUT2D eigenvalue weighted by atomic mass is 9.74. The van der Waals surface area contributed by atoms with Crippen LogP contribution in [-0.4, -0.2) is 21.0 Å². The molecule has 1 amide bonds. The van der Waals surface area contributed by atoms with Crippen LogP contribution in [0.1, 0.15) is 32.6 Å². The molecule has 1 aliphatic carbocycles. The Balaban J connectivity index is 1.69. The van der Waals surface area contributed by atoms with E-state index in [2.05, 4.69) is 14.9 Å². The lowest BCUT2D eigenvalue weighted by molar-refractivity contribution is -0.122. The van der Waals surface area contributed by atoms with Gasteiger partial charge < -0.3 is 11.1 Å². The van der Waals surface area contributed by atoms with E-state index in [1.165, 1.54) is 11.5 Å². The Kier molecular flexibility index (Phi) is 4.22. The van der Waals surface area contributed by atoms with Crippen LogP contribution in [0.4, 0.5) is 5.69 Å². The highest BCUT2D eigenvalue weighted by Crippen LogP contribution is 2.32. The minimum Gasteiger partial charge on any atom is -0.326 e. The smallest absolute Gasteiger partial charge is 0.229 e. The number of carbonyl (C=O) groups is 1. The summed E-state index contributed by atoms with van der Waals surface area (Å²) in [7, 11) is 0. The van der Waals surface area contributed by atoms with Crippen LogP contribution >= 0.6 is 11.5 Å². The number of anilines is 1. The summed E-state index contributed by atoms with van der Waals surface area (Å²) in [4.78, 5) is 12.5. The van der Waals surface area contributed by atoms with E-state index < -0.39 is 5.54 Å². The maximum absolute atomic E-state index is 12.5. The van der Waals surface area contributed by atoms with Gasteiger partial charge in [-0.2, -0.15) is 0 Å². The Morgan fingerprint density at radius 1 is 1.36 bits per heavy atom. The number of nitrogens with one attached hydrogen (secondary N) is 1. The van der Waals surface area contributed by atoms with Gasteiger partial charge in [-0.15, -0.1) is 5.10 Å². The summed E-state index contributed by atoms with van der Waals surface area (Å²) in [6.07, 6.45) is 3.94. The van der Waals surface area contributed by atoms with E-state index in [0.29, 0.717) is 0 Å². The fraction of sp³-hybridized carbons (Fsp3) is 0.438. The highest BCUT2D eigenvalue weighted by molar-refractivity contribution is 7.03. The molecule has 0 saturated heterocycles. The Labute approximate surface area is 134 Å². The second-order valence-electron chi connectivity index (χ2n) is 6.16. The number of carbonyl (C=O) groups excluding carboxylic acids is 1. The lowest BCUT2D eigenvalue weighted by Crippen LogP contribution is -2.51. The molecule has 2 aromatic rings. The first kappa shape index (κ1) is 15.1. The first-order chi connectivity index (χ1) is 10.6. The molecule has 3 rings (SSSR count). The van der Waals surface area contributed by atoms with E-state index in [1.807, 2.05) is 36.6 Å². The van der Waals surface area contributed by atoms with Crippen molar-refractivity contribution < 1.29 is 4.79 Å². The number of hydrogen-bond donors (Lipinski definition) is 2. The van der Waals surface area contributed by atoms with Crippen LogP contribution in [0.5, 0.6) is 0 Å². The molecule has 2 unspecified atom stereocenters. The molecule has 1 aliphatic rings. The molecular formula is C16H20N4OS. The molecule has 1 heterocycles. The molecule has 2 atom stereocenters. The Morgan fingerprint density at radius 3 is 2.77 bits per heavy atom. The average Bonchev–Trinajstić information content (AvgIpc) is 3.01. The number of amides is 1. The van der Waals surface area contributed by atoms with Gasteiger partial charge in [0, 0.05) is 22.2 Å². The van der Waals surface area contributed by atoms with E-state index in [9.17, 15) is 4.79 Å². The van der Waals surface area contributed by atoms with Crippen molar-refractivity contribution >= 4 is 23.1 Å². The van der Waals surface area contributed by atoms with Crippen LogP contribution in [0, 0.1) is 5.92 Å². The van der Waals surface area contributed by atoms with Crippen LogP contribution in [0.25, 0.3) is 11.3 Å². The molecule has 0 radical (unpaired) electrons. The van der Waals surface area contributed by atoms with Gasteiger partial charge in [-0.3, -0.25) is 4.79 Å². The predicted octanol–water partition coefficient (Wildman–Crippen LogP) is 3.05. The Hall–Kier alpha value is -1.79. The first-order valence-corrected chi connectivity index (χ1v) is 8.37. The van der Waals surface area contributed by atoms with Crippen LogP contribution in [0.15, 0.2) is 29.6 Å².